The molecular weight excluding hydrogens is 395 g/mol. The number of ether oxygens (including phenoxy) is 1. The van der Waals surface area contributed by atoms with E-state index in [4.69, 9.17) is 4.74 Å². The van der Waals surface area contributed by atoms with Gasteiger partial charge in [-0.25, -0.2) is 12.8 Å². The first-order valence-electron chi connectivity index (χ1n) is 8.61. The van der Waals surface area contributed by atoms with Crippen LogP contribution >= 0.6 is 0 Å². The van der Waals surface area contributed by atoms with Crippen LogP contribution in [0.2, 0.25) is 0 Å². The molecule has 0 heterocycles. The largest absolute Gasteiger partial charge is 0.497 e. The second-order valence-corrected chi connectivity index (χ2v) is 8.13. The molecule has 0 atom stereocenters. The van der Waals surface area contributed by atoms with Crippen molar-refractivity contribution >= 4 is 27.3 Å². The average Bonchev–Trinajstić information content (AvgIpc) is 2.75. The van der Waals surface area contributed by atoms with E-state index in [1.54, 1.807) is 24.3 Å². The van der Waals surface area contributed by atoms with Gasteiger partial charge in [-0.05, 0) is 72.8 Å². The predicted octanol–water partition coefficient (Wildman–Crippen LogP) is 3.91. The fraction of sp³-hybridized carbons (Fsp3) is 0.0952. The lowest BCUT2D eigenvalue weighted by Gasteiger charge is -2.20. The SMILES string of the molecule is COc1ccc(S(=O)(=O)N(C)c2ccc(C(=O)Nc3ccc(F)cc3)cc2)cc1. The monoisotopic (exact) mass is 414 g/mol. The Hall–Kier alpha value is -3.39. The first-order chi connectivity index (χ1) is 13.8. The van der Waals surface area contributed by atoms with Gasteiger partial charge in [0.2, 0.25) is 0 Å². The van der Waals surface area contributed by atoms with E-state index in [0.29, 0.717) is 22.7 Å². The Morgan fingerprint density at radius 2 is 1.52 bits per heavy atom. The summed E-state index contributed by atoms with van der Waals surface area (Å²) in [6, 6.07) is 17.6. The van der Waals surface area contributed by atoms with E-state index in [0.717, 1.165) is 4.31 Å². The normalized spacial score (nSPS) is 11.0. The van der Waals surface area contributed by atoms with Crippen molar-refractivity contribution in [3.05, 3.63) is 84.2 Å². The molecule has 3 aromatic rings. The molecule has 3 rings (SSSR count). The maximum Gasteiger partial charge on any atom is 0.264 e. The van der Waals surface area contributed by atoms with Crippen LogP contribution in [-0.2, 0) is 10.0 Å². The van der Waals surface area contributed by atoms with Crippen LogP contribution in [0, 0.1) is 5.82 Å². The highest BCUT2D eigenvalue weighted by atomic mass is 32.2. The molecule has 0 aliphatic carbocycles. The minimum atomic E-state index is -3.76. The Morgan fingerprint density at radius 1 is 0.931 bits per heavy atom. The minimum absolute atomic E-state index is 0.124. The zero-order chi connectivity index (χ0) is 21.0. The van der Waals surface area contributed by atoms with Crippen molar-refractivity contribution in [1.29, 1.82) is 0 Å². The fourth-order valence-corrected chi connectivity index (χ4v) is 3.80. The molecule has 8 heteroatoms. The van der Waals surface area contributed by atoms with Crippen LogP contribution in [0.4, 0.5) is 15.8 Å². The van der Waals surface area contributed by atoms with Gasteiger partial charge in [0.25, 0.3) is 15.9 Å². The van der Waals surface area contributed by atoms with Crippen LogP contribution < -0.4 is 14.4 Å². The summed E-state index contributed by atoms with van der Waals surface area (Å²) in [5.41, 5.74) is 1.20. The summed E-state index contributed by atoms with van der Waals surface area (Å²) in [4.78, 5) is 12.4. The predicted molar refractivity (Wildman–Crippen MR) is 109 cm³/mol. The zero-order valence-corrected chi connectivity index (χ0v) is 16.6. The number of carbonyl (C=O) groups excluding carboxylic acids is 1. The molecule has 0 saturated carbocycles. The number of amides is 1. The molecule has 0 aromatic heterocycles. The Labute approximate surface area is 168 Å². The summed E-state index contributed by atoms with van der Waals surface area (Å²) in [7, 11) is -0.820. The van der Waals surface area contributed by atoms with Crippen molar-refractivity contribution < 1.29 is 22.3 Å². The number of nitrogens with zero attached hydrogens (tertiary/aromatic N) is 1. The van der Waals surface area contributed by atoms with Crippen LogP contribution in [0.5, 0.6) is 5.75 Å². The maximum absolute atomic E-state index is 13.0. The van der Waals surface area contributed by atoms with E-state index in [-0.39, 0.29) is 10.8 Å². The number of halogens is 1. The average molecular weight is 414 g/mol. The number of nitrogens with one attached hydrogen (secondary N) is 1. The highest BCUT2D eigenvalue weighted by Crippen LogP contribution is 2.24. The molecule has 0 saturated heterocycles. The number of carbonyl (C=O) groups is 1. The second-order valence-electron chi connectivity index (χ2n) is 6.16. The van der Waals surface area contributed by atoms with Gasteiger partial charge in [-0.3, -0.25) is 9.10 Å². The molecule has 6 nitrogen and oxygen atoms in total. The molecular formula is C21H19FN2O4S. The summed E-state index contributed by atoms with van der Waals surface area (Å²) in [5, 5.41) is 2.65. The summed E-state index contributed by atoms with van der Waals surface area (Å²) in [6.45, 7) is 0. The van der Waals surface area contributed by atoms with Crippen molar-refractivity contribution in [2.45, 2.75) is 4.90 Å². The smallest absolute Gasteiger partial charge is 0.264 e. The lowest BCUT2D eigenvalue weighted by Crippen LogP contribution is -2.26. The molecule has 0 aliphatic heterocycles. The van der Waals surface area contributed by atoms with Crippen LogP contribution in [0.15, 0.2) is 77.7 Å². The third-order valence-corrected chi connectivity index (χ3v) is 6.11. The number of anilines is 2. The van der Waals surface area contributed by atoms with Gasteiger partial charge in [-0.15, -0.1) is 0 Å². The van der Waals surface area contributed by atoms with E-state index in [1.807, 2.05) is 0 Å². The number of rotatable bonds is 6. The maximum atomic E-state index is 13.0. The van der Waals surface area contributed by atoms with Crippen LogP contribution in [0.3, 0.4) is 0 Å². The number of benzene rings is 3. The first-order valence-corrected chi connectivity index (χ1v) is 10.1. The van der Waals surface area contributed by atoms with Gasteiger partial charge in [-0.2, -0.15) is 0 Å². The van der Waals surface area contributed by atoms with Crippen LogP contribution in [0.1, 0.15) is 10.4 Å². The Balaban J connectivity index is 1.75. The van der Waals surface area contributed by atoms with Gasteiger partial charge in [0.1, 0.15) is 11.6 Å². The molecule has 29 heavy (non-hydrogen) atoms. The van der Waals surface area contributed by atoms with Gasteiger partial charge >= 0.3 is 0 Å². The van der Waals surface area contributed by atoms with E-state index in [1.165, 1.54) is 62.7 Å². The first kappa shape index (κ1) is 20.3. The van der Waals surface area contributed by atoms with Crippen molar-refractivity contribution in [2.75, 3.05) is 23.8 Å². The van der Waals surface area contributed by atoms with Crippen molar-refractivity contribution in [3.8, 4) is 5.75 Å². The van der Waals surface area contributed by atoms with Gasteiger partial charge < -0.3 is 10.1 Å². The van der Waals surface area contributed by atoms with Crippen LogP contribution in [0.25, 0.3) is 0 Å². The van der Waals surface area contributed by atoms with Gasteiger partial charge in [-0.1, -0.05) is 0 Å². The molecule has 1 N–H and O–H groups in total. The summed E-state index contributed by atoms with van der Waals surface area (Å²) in [6.07, 6.45) is 0. The van der Waals surface area contributed by atoms with Crippen LogP contribution in [-0.4, -0.2) is 28.5 Å². The highest BCUT2D eigenvalue weighted by Gasteiger charge is 2.21. The second kappa shape index (κ2) is 8.32. The summed E-state index contributed by atoms with van der Waals surface area (Å²) < 4.78 is 44.7. The van der Waals surface area contributed by atoms with Crippen molar-refractivity contribution in [1.82, 2.24) is 0 Å². The quantitative estimate of drug-likeness (QED) is 0.664. The molecule has 0 spiro atoms. The standard InChI is InChI=1S/C21H19FN2O4S/c1-24(29(26,27)20-13-11-19(28-2)12-14-20)18-9-3-15(4-10-18)21(25)23-17-7-5-16(22)6-8-17/h3-14H,1-2H3,(H,23,25). The molecule has 0 fully saturated rings. The molecule has 0 radical (unpaired) electrons. The molecule has 0 unspecified atom stereocenters. The fourth-order valence-electron chi connectivity index (χ4n) is 2.60. The Morgan fingerprint density at radius 3 is 2.07 bits per heavy atom. The zero-order valence-electron chi connectivity index (χ0n) is 15.8. The molecule has 0 bridgehead atoms. The number of hydrogen-bond donors (Lipinski definition) is 1. The summed E-state index contributed by atoms with van der Waals surface area (Å²) >= 11 is 0. The van der Waals surface area contributed by atoms with E-state index < -0.39 is 15.8 Å². The topological polar surface area (TPSA) is 75.7 Å². The minimum Gasteiger partial charge on any atom is -0.497 e. The number of hydrogen-bond acceptors (Lipinski definition) is 4. The Bertz CT molecular complexity index is 1100. The van der Waals surface area contributed by atoms with Crippen molar-refractivity contribution in [3.63, 3.8) is 0 Å². The number of sulfonamides is 1. The van der Waals surface area contributed by atoms with Gasteiger partial charge in [0, 0.05) is 18.3 Å². The lowest BCUT2D eigenvalue weighted by molar-refractivity contribution is 0.102. The third kappa shape index (κ3) is 4.55. The molecule has 3 aromatic carbocycles. The van der Waals surface area contributed by atoms with E-state index in [9.17, 15) is 17.6 Å². The highest BCUT2D eigenvalue weighted by molar-refractivity contribution is 7.92. The number of methoxy groups -OCH3 is 1. The molecule has 150 valence electrons. The van der Waals surface area contributed by atoms with Gasteiger partial charge in [0.05, 0.1) is 17.7 Å². The Kier molecular flexibility index (Phi) is 5.84. The van der Waals surface area contributed by atoms with E-state index >= 15 is 0 Å². The lowest BCUT2D eigenvalue weighted by atomic mass is 10.2. The third-order valence-electron chi connectivity index (χ3n) is 4.31. The summed E-state index contributed by atoms with van der Waals surface area (Å²) in [5.74, 6) is -0.222. The molecule has 0 aliphatic rings. The van der Waals surface area contributed by atoms with Gasteiger partial charge in [0.15, 0.2) is 0 Å². The van der Waals surface area contributed by atoms with E-state index in [2.05, 4.69) is 5.32 Å². The van der Waals surface area contributed by atoms with Crippen molar-refractivity contribution in [2.24, 2.45) is 0 Å². The molecule has 1 amide bonds.